The Hall–Kier alpha value is -2.22. The number of benzene rings is 1. The number of hydrogen-bond donors (Lipinski definition) is 3. The van der Waals surface area contributed by atoms with Gasteiger partial charge in [-0.1, -0.05) is 30.3 Å². The van der Waals surface area contributed by atoms with Gasteiger partial charge in [0.15, 0.2) is 0 Å². The Morgan fingerprint density at radius 3 is 2.50 bits per heavy atom. The van der Waals surface area contributed by atoms with Crippen LogP contribution in [0.1, 0.15) is 12.0 Å². The van der Waals surface area contributed by atoms with Gasteiger partial charge in [0.05, 0.1) is 5.75 Å². The van der Waals surface area contributed by atoms with Crippen LogP contribution in [0.3, 0.4) is 0 Å². The van der Waals surface area contributed by atoms with E-state index in [1.165, 1.54) is 11.8 Å². The Labute approximate surface area is 145 Å². The van der Waals surface area contributed by atoms with E-state index in [1.807, 2.05) is 30.3 Å². The van der Waals surface area contributed by atoms with Gasteiger partial charge < -0.3 is 20.6 Å². The Kier molecular flexibility index (Phi) is 9.36. The molecule has 1 aromatic rings. The number of aliphatic carboxylic acids is 1. The fraction of sp³-hybridized carbons (Fsp3) is 0.438. The maximum Gasteiger partial charge on any atom is 0.317 e. The van der Waals surface area contributed by atoms with Crippen LogP contribution in [0.5, 0.6) is 0 Å². The van der Waals surface area contributed by atoms with Crippen molar-refractivity contribution in [1.29, 1.82) is 0 Å². The van der Waals surface area contributed by atoms with Gasteiger partial charge in [0.25, 0.3) is 0 Å². The van der Waals surface area contributed by atoms with E-state index >= 15 is 0 Å². The highest BCUT2D eigenvalue weighted by atomic mass is 32.2. The van der Waals surface area contributed by atoms with Crippen LogP contribution in [0.4, 0.5) is 4.79 Å². The van der Waals surface area contributed by atoms with Crippen molar-refractivity contribution in [3.05, 3.63) is 35.9 Å². The summed E-state index contributed by atoms with van der Waals surface area (Å²) in [6, 6.07) is 9.41. The number of nitrogens with one attached hydrogen (secondary N) is 2. The summed E-state index contributed by atoms with van der Waals surface area (Å²) in [6.07, 6.45) is 0.189. The molecule has 0 heterocycles. The Bertz CT molecular complexity index is 539. The Morgan fingerprint density at radius 1 is 1.12 bits per heavy atom. The largest absolute Gasteiger partial charge is 0.481 e. The molecule has 0 spiro atoms. The summed E-state index contributed by atoms with van der Waals surface area (Å²) in [4.78, 5) is 35.4. The lowest BCUT2D eigenvalue weighted by atomic mass is 10.2. The predicted molar refractivity (Wildman–Crippen MR) is 93.9 cm³/mol. The molecule has 0 saturated heterocycles. The van der Waals surface area contributed by atoms with Crippen LogP contribution in [-0.4, -0.2) is 59.6 Å². The van der Waals surface area contributed by atoms with Gasteiger partial charge in [0, 0.05) is 38.9 Å². The van der Waals surface area contributed by atoms with Gasteiger partial charge in [-0.15, -0.1) is 11.8 Å². The van der Waals surface area contributed by atoms with E-state index in [9.17, 15) is 14.4 Å². The molecule has 0 aliphatic heterocycles. The lowest BCUT2D eigenvalue weighted by Gasteiger charge is -2.18. The summed E-state index contributed by atoms with van der Waals surface area (Å²) in [5.41, 5.74) is 1.03. The number of nitrogens with zero attached hydrogens (tertiary/aromatic N) is 1. The number of urea groups is 1. The quantitative estimate of drug-likeness (QED) is 0.548. The molecule has 0 aromatic heterocycles. The molecule has 0 aliphatic rings. The number of carboxylic acid groups (broad SMARTS) is 1. The van der Waals surface area contributed by atoms with Crippen molar-refractivity contribution in [3.8, 4) is 0 Å². The van der Waals surface area contributed by atoms with Gasteiger partial charge in [0.2, 0.25) is 5.91 Å². The topological polar surface area (TPSA) is 98.7 Å². The van der Waals surface area contributed by atoms with Crippen LogP contribution in [-0.2, 0) is 16.1 Å². The first kappa shape index (κ1) is 19.8. The van der Waals surface area contributed by atoms with E-state index in [-0.39, 0.29) is 30.7 Å². The lowest BCUT2D eigenvalue weighted by molar-refractivity contribution is -0.133. The molecule has 132 valence electrons. The number of hydrogen-bond acceptors (Lipinski definition) is 4. The van der Waals surface area contributed by atoms with E-state index in [1.54, 1.807) is 11.9 Å². The van der Waals surface area contributed by atoms with Crippen LogP contribution >= 0.6 is 11.8 Å². The molecule has 1 aromatic carbocycles. The van der Waals surface area contributed by atoms with Crippen molar-refractivity contribution >= 4 is 29.7 Å². The summed E-state index contributed by atoms with van der Waals surface area (Å²) in [5, 5.41) is 13.9. The zero-order chi connectivity index (χ0) is 17.8. The first-order valence-corrected chi connectivity index (χ1v) is 8.73. The van der Waals surface area contributed by atoms with Gasteiger partial charge in [-0.25, -0.2) is 4.79 Å². The van der Waals surface area contributed by atoms with Crippen LogP contribution in [0.2, 0.25) is 0 Å². The van der Waals surface area contributed by atoms with Gasteiger partial charge in [-0.3, -0.25) is 9.59 Å². The van der Waals surface area contributed by atoms with Crippen LogP contribution in [0.25, 0.3) is 0 Å². The highest BCUT2D eigenvalue weighted by Crippen LogP contribution is 2.02. The highest BCUT2D eigenvalue weighted by Gasteiger charge is 2.09. The van der Waals surface area contributed by atoms with E-state index < -0.39 is 5.97 Å². The molecule has 7 nitrogen and oxygen atoms in total. The summed E-state index contributed by atoms with van der Waals surface area (Å²) in [6.45, 7) is 1.17. The second-order valence-corrected chi connectivity index (χ2v) is 6.23. The third-order valence-electron chi connectivity index (χ3n) is 3.03. The molecule has 3 amide bonds. The minimum Gasteiger partial charge on any atom is -0.481 e. The number of carbonyl (C=O) groups is 3. The molecule has 0 saturated carbocycles. The molecule has 0 atom stereocenters. The van der Waals surface area contributed by atoms with Gasteiger partial charge >= 0.3 is 12.0 Å². The summed E-state index contributed by atoms with van der Waals surface area (Å²) in [7, 11) is 1.70. The standard InChI is InChI=1S/C16H23N3O4S/c1-19(11-13-5-3-2-4-6-13)16(23)18-8-7-14(20)17-9-10-24-12-15(21)22/h2-6H,7-12H2,1H3,(H,17,20)(H,18,23)(H,21,22). The molecule has 0 fully saturated rings. The molecular formula is C16H23N3O4S. The molecule has 0 bridgehead atoms. The zero-order valence-electron chi connectivity index (χ0n) is 13.7. The SMILES string of the molecule is CN(Cc1ccccc1)C(=O)NCCC(=O)NCCSCC(=O)O. The monoisotopic (exact) mass is 353 g/mol. The maximum absolute atomic E-state index is 11.9. The summed E-state index contributed by atoms with van der Waals surface area (Å²) in [5.74, 6) is -0.463. The maximum atomic E-state index is 11.9. The molecular weight excluding hydrogens is 330 g/mol. The van der Waals surface area contributed by atoms with E-state index in [0.29, 0.717) is 18.8 Å². The van der Waals surface area contributed by atoms with Gasteiger partial charge in [-0.2, -0.15) is 0 Å². The van der Waals surface area contributed by atoms with Crippen molar-refractivity contribution in [2.75, 3.05) is 31.6 Å². The molecule has 24 heavy (non-hydrogen) atoms. The Balaban J connectivity index is 2.11. The normalized spacial score (nSPS) is 10.0. The average molecular weight is 353 g/mol. The molecule has 0 aliphatic carbocycles. The predicted octanol–water partition coefficient (Wildman–Crippen LogP) is 1.15. The van der Waals surface area contributed by atoms with E-state index in [2.05, 4.69) is 10.6 Å². The lowest BCUT2D eigenvalue weighted by Crippen LogP contribution is -2.39. The van der Waals surface area contributed by atoms with Crippen LogP contribution in [0, 0.1) is 0 Å². The molecule has 0 radical (unpaired) electrons. The first-order valence-electron chi connectivity index (χ1n) is 7.58. The zero-order valence-corrected chi connectivity index (χ0v) is 14.5. The summed E-state index contributed by atoms with van der Waals surface area (Å²) < 4.78 is 0. The highest BCUT2D eigenvalue weighted by molar-refractivity contribution is 7.99. The van der Waals surface area contributed by atoms with Crippen LogP contribution in [0.15, 0.2) is 30.3 Å². The smallest absolute Gasteiger partial charge is 0.317 e. The number of thioether (sulfide) groups is 1. The van der Waals surface area contributed by atoms with E-state index in [0.717, 1.165) is 5.56 Å². The van der Waals surface area contributed by atoms with Gasteiger partial charge in [0.1, 0.15) is 0 Å². The molecule has 0 unspecified atom stereocenters. The van der Waals surface area contributed by atoms with Crippen molar-refractivity contribution in [2.24, 2.45) is 0 Å². The van der Waals surface area contributed by atoms with Gasteiger partial charge in [-0.05, 0) is 5.56 Å². The van der Waals surface area contributed by atoms with Crippen molar-refractivity contribution in [2.45, 2.75) is 13.0 Å². The number of rotatable bonds is 10. The third kappa shape index (κ3) is 9.04. The minimum absolute atomic E-state index is 0.0275. The first-order chi connectivity index (χ1) is 11.5. The Morgan fingerprint density at radius 2 is 1.83 bits per heavy atom. The fourth-order valence-electron chi connectivity index (χ4n) is 1.86. The average Bonchev–Trinajstić information content (AvgIpc) is 2.55. The second-order valence-electron chi connectivity index (χ2n) is 5.12. The van der Waals surface area contributed by atoms with Crippen molar-refractivity contribution in [1.82, 2.24) is 15.5 Å². The van der Waals surface area contributed by atoms with Crippen LogP contribution < -0.4 is 10.6 Å². The third-order valence-corrected chi connectivity index (χ3v) is 3.98. The molecule has 3 N–H and O–H groups in total. The molecule has 8 heteroatoms. The summed E-state index contributed by atoms with van der Waals surface area (Å²) >= 11 is 1.25. The van der Waals surface area contributed by atoms with Crippen molar-refractivity contribution < 1.29 is 19.5 Å². The van der Waals surface area contributed by atoms with Crippen molar-refractivity contribution in [3.63, 3.8) is 0 Å². The van der Waals surface area contributed by atoms with E-state index in [4.69, 9.17) is 5.11 Å². The number of carbonyl (C=O) groups excluding carboxylic acids is 2. The fourth-order valence-corrected chi connectivity index (χ4v) is 2.42. The molecule has 1 rings (SSSR count). The second kappa shape index (κ2) is 11.3. The number of carboxylic acids is 1. The minimum atomic E-state index is -0.867. The number of amides is 3.